The molecule has 0 bridgehead atoms. The second-order valence-electron chi connectivity index (χ2n) is 5.26. The zero-order chi connectivity index (χ0) is 11.7. The number of hydrogen-bond donors (Lipinski definition) is 1. The maximum atomic E-state index is 11.0. The fraction of sp³-hybridized carbons (Fsp3) is 0.643. The molecule has 2 heteroatoms. The monoisotopic (exact) mass is 220 g/mol. The van der Waals surface area contributed by atoms with Crippen LogP contribution >= 0.6 is 0 Å². The first-order chi connectivity index (χ1) is 7.59. The summed E-state index contributed by atoms with van der Waals surface area (Å²) < 4.78 is 0. The highest BCUT2D eigenvalue weighted by Gasteiger charge is 2.36. The molecular formula is C14H20O2. The first-order valence-corrected chi connectivity index (χ1v) is 6.19. The quantitative estimate of drug-likeness (QED) is 0.572. The SMILES string of the molecule is C=C(C(=O)O)[C@@H]1CCC[C@@H]2CCC(C)=C[C@@H]21. The van der Waals surface area contributed by atoms with Gasteiger partial charge in [-0.05, 0) is 50.4 Å². The minimum Gasteiger partial charge on any atom is -0.478 e. The lowest BCUT2D eigenvalue weighted by Crippen LogP contribution is -2.32. The van der Waals surface area contributed by atoms with Crippen LogP contribution < -0.4 is 0 Å². The van der Waals surface area contributed by atoms with Gasteiger partial charge in [-0.15, -0.1) is 0 Å². The average Bonchev–Trinajstić information content (AvgIpc) is 2.27. The molecule has 0 aromatic rings. The van der Waals surface area contributed by atoms with Gasteiger partial charge in [0.2, 0.25) is 0 Å². The van der Waals surface area contributed by atoms with E-state index in [1.807, 2.05) is 0 Å². The Morgan fingerprint density at radius 2 is 2.19 bits per heavy atom. The van der Waals surface area contributed by atoms with Gasteiger partial charge >= 0.3 is 5.97 Å². The smallest absolute Gasteiger partial charge is 0.331 e. The summed E-state index contributed by atoms with van der Waals surface area (Å²) in [6.07, 6.45) is 8.15. The fourth-order valence-corrected chi connectivity index (χ4v) is 3.29. The second-order valence-corrected chi connectivity index (χ2v) is 5.26. The van der Waals surface area contributed by atoms with Gasteiger partial charge in [0, 0.05) is 5.57 Å². The van der Waals surface area contributed by atoms with Crippen LogP contribution in [0.3, 0.4) is 0 Å². The van der Waals surface area contributed by atoms with Gasteiger partial charge in [0.15, 0.2) is 0 Å². The van der Waals surface area contributed by atoms with Gasteiger partial charge in [0.1, 0.15) is 0 Å². The highest BCUT2D eigenvalue weighted by molar-refractivity contribution is 5.86. The molecule has 0 unspecified atom stereocenters. The fourth-order valence-electron chi connectivity index (χ4n) is 3.29. The van der Waals surface area contributed by atoms with Gasteiger partial charge < -0.3 is 5.11 Å². The van der Waals surface area contributed by atoms with E-state index in [1.165, 1.54) is 24.8 Å². The van der Waals surface area contributed by atoms with Gasteiger partial charge in [0.25, 0.3) is 0 Å². The summed E-state index contributed by atoms with van der Waals surface area (Å²) in [5, 5.41) is 9.07. The van der Waals surface area contributed by atoms with E-state index in [0.29, 0.717) is 17.4 Å². The van der Waals surface area contributed by atoms with Crippen LogP contribution in [-0.4, -0.2) is 11.1 Å². The van der Waals surface area contributed by atoms with Crippen LogP contribution in [0.4, 0.5) is 0 Å². The maximum Gasteiger partial charge on any atom is 0.331 e. The van der Waals surface area contributed by atoms with E-state index in [2.05, 4.69) is 19.6 Å². The van der Waals surface area contributed by atoms with E-state index in [-0.39, 0.29) is 5.92 Å². The van der Waals surface area contributed by atoms with Crippen molar-refractivity contribution in [3.8, 4) is 0 Å². The van der Waals surface area contributed by atoms with Crippen LogP contribution in [0, 0.1) is 17.8 Å². The Balaban J connectivity index is 2.21. The Labute approximate surface area is 97.0 Å². The van der Waals surface area contributed by atoms with Crippen LogP contribution in [0.2, 0.25) is 0 Å². The molecule has 0 aliphatic heterocycles. The first kappa shape index (κ1) is 11.4. The molecule has 0 radical (unpaired) electrons. The molecule has 2 rings (SSSR count). The third-order valence-corrected chi connectivity index (χ3v) is 4.21. The third kappa shape index (κ3) is 2.06. The molecule has 0 heterocycles. The molecule has 2 aliphatic rings. The van der Waals surface area contributed by atoms with Crippen molar-refractivity contribution in [2.75, 3.05) is 0 Å². The molecule has 3 atom stereocenters. The lowest BCUT2D eigenvalue weighted by atomic mass is 9.65. The molecule has 1 fully saturated rings. The Kier molecular flexibility index (Phi) is 3.17. The highest BCUT2D eigenvalue weighted by atomic mass is 16.4. The van der Waals surface area contributed by atoms with Gasteiger partial charge in [-0.1, -0.05) is 24.6 Å². The van der Waals surface area contributed by atoms with Gasteiger partial charge in [0.05, 0.1) is 0 Å². The molecule has 0 aromatic carbocycles. The van der Waals surface area contributed by atoms with Crippen molar-refractivity contribution in [3.05, 3.63) is 23.8 Å². The van der Waals surface area contributed by atoms with Crippen molar-refractivity contribution in [1.29, 1.82) is 0 Å². The molecule has 2 aliphatic carbocycles. The molecule has 1 N–H and O–H groups in total. The Bertz CT molecular complexity index is 341. The van der Waals surface area contributed by atoms with E-state index in [1.54, 1.807) is 0 Å². The van der Waals surface area contributed by atoms with Crippen LogP contribution in [0.15, 0.2) is 23.8 Å². The van der Waals surface area contributed by atoms with E-state index in [9.17, 15) is 4.79 Å². The predicted molar refractivity (Wildman–Crippen MR) is 64.1 cm³/mol. The molecule has 0 aromatic heterocycles. The predicted octanol–water partition coefficient (Wildman–Crippen LogP) is 3.40. The normalized spacial score (nSPS) is 33.8. The number of hydrogen-bond acceptors (Lipinski definition) is 1. The van der Waals surface area contributed by atoms with E-state index in [0.717, 1.165) is 12.8 Å². The van der Waals surface area contributed by atoms with Gasteiger partial charge in [-0.3, -0.25) is 0 Å². The summed E-state index contributed by atoms with van der Waals surface area (Å²) in [7, 11) is 0. The highest BCUT2D eigenvalue weighted by Crippen LogP contribution is 2.44. The summed E-state index contributed by atoms with van der Waals surface area (Å²) >= 11 is 0. The number of carbonyl (C=O) groups is 1. The van der Waals surface area contributed by atoms with E-state index < -0.39 is 5.97 Å². The maximum absolute atomic E-state index is 11.0. The van der Waals surface area contributed by atoms with Crippen molar-refractivity contribution in [1.82, 2.24) is 0 Å². The number of aliphatic carboxylic acids is 1. The van der Waals surface area contributed by atoms with Gasteiger partial charge in [-0.2, -0.15) is 0 Å². The van der Waals surface area contributed by atoms with Crippen molar-refractivity contribution in [2.24, 2.45) is 17.8 Å². The topological polar surface area (TPSA) is 37.3 Å². The minimum absolute atomic E-state index is 0.173. The number of rotatable bonds is 2. The molecular weight excluding hydrogens is 200 g/mol. The van der Waals surface area contributed by atoms with Crippen molar-refractivity contribution >= 4 is 5.97 Å². The number of fused-ring (bicyclic) bond motifs is 1. The molecule has 1 saturated carbocycles. The standard InChI is InChI=1S/C14H20O2/c1-9-6-7-11-4-3-5-12(13(11)8-9)10(2)14(15)16/h8,11-13H,2-7H2,1H3,(H,15,16)/t11-,12+,13+/m1/s1. The summed E-state index contributed by atoms with van der Waals surface area (Å²) in [5.74, 6) is 0.485. The zero-order valence-electron chi connectivity index (χ0n) is 9.91. The molecule has 2 nitrogen and oxygen atoms in total. The number of allylic oxidation sites excluding steroid dienone is 2. The van der Waals surface area contributed by atoms with Crippen LogP contribution in [0.5, 0.6) is 0 Å². The minimum atomic E-state index is -0.817. The Morgan fingerprint density at radius 3 is 2.88 bits per heavy atom. The molecule has 0 amide bonds. The Hall–Kier alpha value is -1.05. The van der Waals surface area contributed by atoms with Crippen molar-refractivity contribution < 1.29 is 9.90 Å². The summed E-state index contributed by atoms with van der Waals surface area (Å²) in [4.78, 5) is 11.0. The molecule has 0 saturated heterocycles. The molecule has 0 spiro atoms. The lowest BCUT2D eigenvalue weighted by Gasteiger charge is -2.39. The van der Waals surface area contributed by atoms with Crippen LogP contribution in [0.1, 0.15) is 39.0 Å². The van der Waals surface area contributed by atoms with Crippen molar-refractivity contribution in [3.63, 3.8) is 0 Å². The molecule has 16 heavy (non-hydrogen) atoms. The van der Waals surface area contributed by atoms with E-state index in [4.69, 9.17) is 5.11 Å². The summed E-state index contributed by atoms with van der Waals surface area (Å²) in [6.45, 7) is 5.92. The first-order valence-electron chi connectivity index (χ1n) is 6.19. The second kappa shape index (κ2) is 4.44. The van der Waals surface area contributed by atoms with Crippen molar-refractivity contribution in [2.45, 2.75) is 39.0 Å². The average molecular weight is 220 g/mol. The molecule has 88 valence electrons. The summed E-state index contributed by atoms with van der Waals surface area (Å²) in [6, 6.07) is 0. The Morgan fingerprint density at radius 1 is 1.44 bits per heavy atom. The van der Waals surface area contributed by atoms with E-state index >= 15 is 0 Å². The van der Waals surface area contributed by atoms with Crippen LogP contribution in [-0.2, 0) is 4.79 Å². The summed E-state index contributed by atoms with van der Waals surface area (Å²) in [5.41, 5.74) is 1.84. The van der Waals surface area contributed by atoms with Gasteiger partial charge in [-0.25, -0.2) is 4.79 Å². The number of carboxylic acid groups (broad SMARTS) is 1. The van der Waals surface area contributed by atoms with Crippen LogP contribution in [0.25, 0.3) is 0 Å². The zero-order valence-corrected chi connectivity index (χ0v) is 9.91. The lowest BCUT2D eigenvalue weighted by molar-refractivity contribution is -0.133. The largest absolute Gasteiger partial charge is 0.478 e. The third-order valence-electron chi connectivity index (χ3n) is 4.21. The number of carboxylic acids is 1.